The summed E-state index contributed by atoms with van der Waals surface area (Å²) >= 11 is 6.13. The third kappa shape index (κ3) is 4.75. The fraction of sp³-hybridized carbons (Fsp3) is 0.364. The first-order valence-electron chi connectivity index (χ1n) is 11.6. The number of hydrogen-bond acceptors (Lipinski definition) is 11. The molecule has 16 heteroatoms. The van der Waals surface area contributed by atoms with Crippen LogP contribution in [0.5, 0.6) is 0 Å². The molecule has 3 atom stereocenters. The van der Waals surface area contributed by atoms with E-state index in [1.807, 2.05) is 18.4 Å². The van der Waals surface area contributed by atoms with E-state index < -0.39 is 33.2 Å². The molecule has 3 aromatic heterocycles. The van der Waals surface area contributed by atoms with Crippen LogP contribution in [0.2, 0.25) is 5.02 Å². The summed E-state index contributed by atoms with van der Waals surface area (Å²) in [5, 5.41) is 28.6. The maximum absolute atomic E-state index is 12.8. The van der Waals surface area contributed by atoms with E-state index in [0.29, 0.717) is 29.1 Å². The molecule has 0 amide bonds. The molecule has 4 N–H and O–H groups in total. The monoisotopic (exact) mass is 561 g/mol. The summed E-state index contributed by atoms with van der Waals surface area (Å²) < 4.78 is 28.3. The fourth-order valence-corrected chi connectivity index (χ4v) is 6.22. The number of nitrogens with zero attached hydrogens (tertiary/aromatic N) is 7. The van der Waals surface area contributed by atoms with Crippen molar-refractivity contribution >= 4 is 56.2 Å². The molecule has 14 nitrogen and oxygen atoms in total. The zero-order chi connectivity index (χ0) is 27.2. The van der Waals surface area contributed by atoms with E-state index >= 15 is 0 Å². The van der Waals surface area contributed by atoms with Gasteiger partial charge >= 0.3 is 5.97 Å². The summed E-state index contributed by atoms with van der Waals surface area (Å²) in [5.41, 5.74) is 1.40. The molecule has 0 bridgehead atoms. The minimum atomic E-state index is -3.75. The van der Waals surface area contributed by atoms with Crippen molar-refractivity contribution < 1.29 is 23.4 Å². The van der Waals surface area contributed by atoms with Gasteiger partial charge in [0.1, 0.15) is 12.7 Å². The molecule has 0 spiro atoms. The Bertz CT molecular complexity index is 1610. The lowest BCUT2D eigenvalue weighted by Gasteiger charge is -2.18. The van der Waals surface area contributed by atoms with Gasteiger partial charge in [-0.3, -0.25) is 0 Å². The van der Waals surface area contributed by atoms with Gasteiger partial charge in [0.05, 0.1) is 34.8 Å². The topological polar surface area (TPSA) is 190 Å². The Morgan fingerprint density at radius 3 is 2.68 bits per heavy atom. The molecular formula is C22H24ClN9O5S. The van der Waals surface area contributed by atoms with Crippen LogP contribution >= 0.6 is 11.6 Å². The number of hydrogen-bond donors (Lipinski definition) is 4. The molecule has 3 heterocycles. The summed E-state index contributed by atoms with van der Waals surface area (Å²) in [4.78, 5) is 28.6. The summed E-state index contributed by atoms with van der Waals surface area (Å²) in [6.07, 6.45) is 4.23. The van der Waals surface area contributed by atoms with Gasteiger partial charge in [-0.1, -0.05) is 11.6 Å². The second-order valence-electron chi connectivity index (χ2n) is 9.12. The van der Waals surface area contributed by atoms with Crippen LogP contribution < -0.4 is 10.6 Å². The first-order chi connectivity index (χ1) is 18.1. The van der Waals surface area contributed by atoms with Crippen molar-refractivity contribution in [2.75, 3.05) is 17.2 Å². The van der Waals surface area contributed by atoms with Gasteiger partial charge < -0.3 is 25.4 Å². The fourth-order valence-electron chi connectivity index (χ4n) is 4.23. The summed E-state index contributed by atoms with van der Waals surface area (Å²) in [5.74, 6) is -1.08. The van der Waals surface area contributed by atoms with Gasteiger partial charge in [0.15, 0.2) is 17.0 Å². The molecule has 1 aliphatic carbocycles. The molecule has 4 aromatic rings. The Kier molecular flexibility index (Phi) is 6.66. The van der Waals surface area contributed by atoms with Gasteiger partial charge in [0.2, 0.25) is 5.95 Å². The number of benzene rings is 1. The molecule has 0 aliphatic heterocycles. The zero-order valence-electron chi connectivity index (χ0n) is 20.2. The first kappa shape index (κ1) is 25.8. The quantitative estimate of drug-likeness (QED) is 0.221. The number of aliphatic hydroxyl groups is 1. The predicted molar refractivity (Wildman–Crippen MR) is 138 cm³/mol. The van der Waals surface area contributed by atoms with Gasteiger partial charge in [-0.05, 0) is 38.5 Å². The van der Waals surface area contributed by atoms with Gasteiger partial charge in [-0.15, -0.1) is 9.19 Å². The number of carbonyl (C=O) groups is 1. The van der Waals surface area contributed by atoms with Crippen molar-refractivity contribution in [1.82, 2.24) is 33.7 Å². The first-order valence-corrected chi connectivity index (χ1v) is 13.5. The summed E-state index contributed by atoms with van der Waals surface area (Å²) in [6, 6.07) is 3.77. The smallest absolute Gasteiger partial charge is 0.337 e. The molecule has 1 aliphatic rings. The van der Waals surface area contributed by atoms with Crippen LogP contribution in [0.1, 0.15) is 36.7 Å². The van der Waals surface area contributed by atoms with E-state index in [-0.39, 0.29) is 29.2 Å². The number of imidazole rings is 1. The standard InChI is InChI=1S/C22H24ClN9O5S/c1-11(2)31-10-25-18-19(27-12-3-4-13(21(34)35)15(23)5-12)29-22(30-20(18)31)28-16(7-33)14-6-17(14)38(36,37)32-9-24-8-26-32/h3-5,8-11,14,16-17,33H,6-7H2,1-2H3,(H,34,35)(H2,27,28,29,30)/t14?,16-,17?/m0/s1. The second-order valence-corrected chi connectivity index (χ2v) is 11.5. The molecule has 1 fully saturated rings. The number of halogens is 1. The van der Waals surface area contributed by atoms with Crippen LogP contribution in [0, 0.1) is 5.92 Å². The summed E-state index contributed by atoms with van der Waals surface area (Å²) in [6.45, 7) is 3.58. The van der Waals surface area contributed by atoms with Crippen molar-refractivity contribution in [1.29, 1.82) is 0 Å². The molecule has 1 saturated carbocycles. The Morgan fingerprint density at radius 2 is 2.05 bits per heavy atom. The Balaban J connectivity index is 1.46. The number of aromatic carboxylic acids is 1. The highest BCUT2D eigenvalue weighted by Gasteiger charge is 2.52. The van der Waals surface area contributed by atoms with E-state index in [4.69, 9.17) is 11.6 Å². The molecule has 200 valence electrons. The van der Waals surface area contributed by atoms with E-state index in [1.54, 1.807) is 12.4 Å². The average molecular weight is 562 g/mol. The Morgan fingerprint density at radius 1 is 1.26 bits per heavy atom. The van der Waals surface area contributed by atoms with Crippen LogP contribution in [0.3, 0.4) is 0 Å². The molecule has 0 saturated heterocycles. The number of nitrogens with one attached hydrogen (secondary N) is 2. The van der Waals surface area contributed by atoms with E-state index in [1.165, 1.54) is 12.1 Å². The second kappa shape index (κ2) is 9.81. The van der Waals surface area contributed by atoms with Crippen LogP contribution in [-0.2, 0) is 10.0 Å². The lowest BCUT2D eigenvalue weighted by atomic mass is 10.2. The summed E-state index contributed by atoms with van der Waals surface area (Å²) in [7, 11) is -3.75. The molecule has 38 heavy (non-hydrogen) atoms. The van der Waals surface area contributed by atoms with E-state index in [9.17, 15) is 23.4 Å². The van der Waals surface area contributed by atoms with Gasteiger partial charge in [-0.2, -0.15) is 9.97 Å². The van der Waals surface area contributed by atoms with Crippen LogP contribution in [0.25, 0.3) is 11.2 Å². The maximum Gasteiger partial charge on any atom is 0.337 e. The third-order valence-electron chi connectivity index (χ3n) is 6.29. The van der Waals surface area contributed by atoms with E-state index in [2.05, 4.69) is 35.7 Å². The number of rotatable bonds is 10. The maximum atomic E-state index is 12.8. The number of carboxylic acids is 1. The highest BCUT2D eigenvalue weighted by Crippen LogP contribution is 2.41. The minimum Gasteiger partial charge on any atom is -0.478 e. The highest BCUT2D eigenvalue weighted by molar-refractivity contribution is 7.90. The molecule has 5 rings (SSSR count). The molecular weight excluding hydrogens is 538 g/mol. The molecule has 1 aromatic carbocycles. The molecule has 2 unspecified atom stereocenters. The molecule has 0 radical (unpaired) electrons. The minimum absolute atomic E-state index is 0.0224. The Labute approximate surface area is 221 Å². The largest absolute Gasteiger partial charge is 0.478 e. The number of anilines is 3. The third-order valence-corrected chi connectivity index (χ3v) is 8.62. The number of aromatic nitrogens is 7. The Hall–Kier alpha value is -3.82. The normalized spacial score (nSPS) is 18.0. The van der Waals surface area contributed by atoms with Gasteiger partial charge in [0.25, 0.3) is 10.0 Å². The lowest BCUT2D eigenvalue weighted by Crippen LogP contribution is -2.31. The van der Waals surface area contributed by atoms with Crippen LogP contribution in [-0.4, -0.2) is 76.2 Å². The number of fused-ring (bicyclic) bond motifs is 1. The lowest BCUT2D eigenvalue weighted by molar-refractivity contribution is 0.0697. The predicted octanol–water partition coefficient (Wildman–Crippen LogP) is 2.13. The van der Waals surface area contributed by atoms with E-state index in [0.717, 1.165) is 16.7 Å². The van der Waals surface area contributed by atoms with Crippen LogP contribution in [0.15, 0.2) is 37.2 Å². The van der Waals surface area contributed by atoms with Crippen molar-refractivity contribution in [3.05, 3.63) is 47.8 Å². The van der Waals surface area contributed by atoms with Crippen molar-refractivity contribution in [2.24, 2.45) is 5.92 Å². The van der Waals surface area contributed by atoms with Gasteiger partial charge in [-0.25, -0.2) is 23.2 Å². The van der Waals surface area contributed by atoms with Gasteiger partial charge in [0, 0.05) is 17.6 Å². The zero-order valence-corrected chi connectivity index (χ0v) is 21.8. The number of aliphatic hydroxyl groups excluding tert-OH is 1. The SMILES string of the molecule is CC(C)n1cnc2c(Nc3ccc(C(=O)O)c(Cl)c3)nc(N[C@@H](CO)C3CC3S(=O)(=O)n3cncn3)nc21. The van der Waals surface area contributed by atoms with Crippen molar-refractivity contribution in [2.45, 2.75) is 37.6 Å². The van der Waals surface area contributed by atoms with Crippen molar-refractivity contribution in [3.8, 4) is 0 Å². The van der Waals surface area contributed by atoms with Crippen LogP contribution in [0.4, 0.5) is 17.5 Å². The van der Waals surface area contributed by atoms with Crippen molar-refractivity contribution in [3.63, 3.8) is 0 Å². The average Bonchev–Trinajstić information content (AvgIpc) is 3.25. The highest BCUT2D eigenvalue weighted by atomic mass is 35.5. The number of carboxylic acid groups (broad SMARTS) is 1.